The van der Waals surface area contributed by atoms with Crippen LogP contribution >= 0.6 is 34.2 Å². The minimum absolute atomic E-state index is 0.848. The van der Waals surface area contributed by atoms with E-state index in [4.69, 9.17) is 11.6 Å². The Bertz CT molecular complexity index is 289. The molecule has 1 N–H and O–H groups in total. The summed E-state index contributed by atoms with van der Waals surface area (Å²) in [5.41, 5.74) is 1.26. The average molecular weight is 324 g/mol. The SMILES string of the molecule is CCCCNCc1ccc(I)c(Cl)c1. The lowest BCUT2D eigenvalue weighted by atomic mass is 10.2. The van der Waals surface area contributed by atoms with Crippen LogP contribution in [0.25, 0.3) is 0 Å². The predicted molar refractivity (Wildman–Crippen MR) is 70.8 cm³/mol. The van der Waals surface area contributed by atoms with Crippen LogP contribution in [-0.4, -0.2) is 6.54 Å². The fourth-order valence-corrected chi connectivity index (χ4v) is 1.72. The van der Waals surface area contributed by atoms with E-state index in [2.05, 4.69) is 47.0 Å². The molecule has 0 aromatic heterocycles. The maximum absolute atomic E-state index is 6.02. The number of rotatable bonds is 5. The van der Waals surface area contributed by atoms with Gasteiger partial charge in [-0.2, -0.15) is 0 Å². The molecular formula is C11H15ClIN. The highest BCUT2D eigenvalue weighted by Gasteiger charge is 1.98. The predicted octanol–water partition coefficient (Wildman–Crippen LogP) is 3.83. The van der Waals surface area contributed by atoms with Crippen LogP contribution in [0.4, 0.5) is 0 Å². The highest BCUT2D eigenvalue weighted by atomic mass is 127. The van der Waals surface area contributed by atoms with Gasteiger partial charge in [-0.1, -0.05) is 31.0 Å². The van der Waals surface area contributed by atoms with Crippen LogP contribution in [0.3, 0.4) is 0 Å². The van der Waals surface area contributed by atoms with E-state index in [-0.39, 0.29) is 0 Å². The Labute approximate surface area is 104 Å². The Kier molecular flexibility index (Phi) is 5.82. The summed E-state index contributed by atoms with van der Waals surface area (Å²) < 4.78 is 1.11. The molecular weight excluding hydrogens is 308 g/mol. The number of halogens is 2. The van der Waals surface area contributed by atoms with Gasteiger partial charge in [-0.15, -0.1) is 0 Å². The molecule has 1 aromatic carbocycles. The van der Waals surface area contributed by atoms with Crippen LogP contribution in [0.2, 0.25) is 5.02 Å². The van der Waals surface area contributed by atoms with Crippen molar-refractivity contribution >= 4 is 34.2 Å². The van der Waals surface area contributed by atoms with Crippen LogP contribution in [0.1, 0.15) is 25.3 Å². The van der Waals surface area contributed by atoms with Crippen molar-refractivity contribution in [2.45, 2.75) is 26.3 Å². The first-order chi connectivity index (χ1) is 6.74. The molecule has 0 radical (unpaired) electrons. The molecule has 14 heavy (non-hydrogen) atoms. The van der Waals surface area contributed by atoms with E-state index in [1.165, 1.54) is 18.4 Å². The van der Waals surface area contributed by atoms with Gasteiger partial charge in [0.05, 0.1) is 5.02 Å². The molecule has 78 valence electrons. The van der Waals surface area contributed by atoms with Crippen LogP contribution in [0.15, 0.2) is 18.2 Å². The van der Waals surface area contributed by atoms with Crippen molar-refractivity contribution in [3.63, 3.8) is 0 Å². The van der Waals surface area contributed by atoms with E-state index in [1.807, 2.05) is 6.07 Å². The molecule has 0 unspecified atom stereocenters. The summed E-state index contributed by atoms with van der Waals surface area (Å²) in [6.45, 7) is 4.19. The quantitative estimate of drug-likeness (QED) is 0.641. The van der Waals surface area contributed by atoms with Crippen molar-refractivity contribution in [1.29, 1.82) is 0 Å². The second kappa shape index (κ2) is 6.64. The highest BCUT2D eigenvalue weighted by Crippen LogP contribution is 2.19. The first-order valence-corrected chi connectivity index (χ1v) is 6.34. The molecule has 0 saturated carbocycles. The third-order valence-electron chi connectivity index (χ3n) is 2.02. The molecule has 0 heterocycles. The summed E-state index contributed by atoms with van der Waals surface area (Å²) >= 11 is 8.26. The summed E-state index contributed by atoms with van der Waals surface area (Å²) in [5, 5.41) is 4.24. The second-order valence-corrected chi connectivity index (χ2v) is 4.85. The lowest BCUT2D eigenvalue weighted by Gasteiger charge is -2.05. The van der Waals surface area contributed by atoms with Gasteiger partial charge in [0, 0.05) is 10.1 Å². The minimum atomic E-state index is 0.848. The smallest absolute Gasteiger partial charge is 0.0542 e. The van der Waals surface area contributed by atoms with Crippen molar-refractivity contribution in [1.82, 2.24) is 5.32 Å². The van der Waals surface area contributed by atoms with Crippen molar-refractivity contribution in [2.75, 3.05) is 6.54 Å². The fourth-order valence-electron chi connectivity index (χ4n) is 1.18. The van der Waals surface area contributed by atoms with E-state index in [0.29, 0.717) is 0 Å². The fraction of sp³-hybridized carbons (Fsp3) is 0.455. The third kappa shape index (κ3) is 4.15. The molecule has 1 rings (SSSR count). The van der Waals surface area contributed by atoms with Crippen molar-refractivity contribution in [3.05, 3.63) is 32.4 Å². The zero-order chi connectivity index (χ0) is 10.4. The van der Waals surface area contributed by atoms with E-state index >= 15 is 0 Å². The molecule has 0 atom stereocenters. The van der Waals surface area contributed by atoms with Gasteiger partial charge in [0.25, 0.3) is 0 Å². The molecule has 0 aliphatic heterocycles. The third-order valence-corrected chi connectivity index (χ3v) is 3.59. The first-order valence-electron chi connectivity index (χ1n) is 4.88. The summed E-state index contributed by atoms with van der Waals surface area (Å²) in [6.07, 6.45) is 2.47. The number of benzene rings is 1. The molecule has 0 aliphatic rings. The van der Waals surface area contributed by atoms with Gasteiger partial charge in [0.2, 0.25) is 0 Å². The first kappa shape index (κ1) is 12.3. The van der Waals surface area contributed by atoms with E-state index in [1.54, 1.807) is 0 Å². The molecule has 3 heteroatoms. The molecule has 1 aromatic rings. The van der Waals surface area contributed by atoms with Gasteiger partial charge in [-0.05, 0) is 53.3 Å². The van der Waals surface area contributed by atoms with Crippen LogP contribution < -0.4 is 5.32 Å². The Morgan fingerprint density at radius 3 is 2.86 bits per heavy atom. The minimum Gasteiger partial charge on any atom is -0.313 e. The van der Waals surface area contributed by atoms with Crippen molar-refractivity contribution < 1.29 is 0 Å². The molecule has 0 fully saturated rings. The topological polar surface area (TPSA) is 12.0 Å². The van der Waals surface area contributed by atoms with Gasteiger partial charge >= 0.3 is 0 Å². The Morgan fingerprint density at radius 2 is 2.21 bits per heavy atom. The van der Waals surface area contributed by atoms with E-state index in [9.17, 15) is 0 Å². The zero-order valence-electron chi connectivity index (χ0n) is 8.32. The van der Waals surface area contributed by atoms with Gasteiger partial charge < -0.3 is 5.32 Å². The standard InChI is InChI=1S/C11H15ClIN/c1-2-3-6-14-8-9-4-5-11(13)10(12)7-9/h4-5,7,14H,2-3,6,8H2,1H3. The van der Waals surface area contributed by atoms with E-state index < -0.39 is 0 Å². The number of hydrogen-bond acceptors (Lipinski definition) is 1. The van der Waals surface area contributed by atoms with Crippen molar-refractivity contribution in [2.24, 2.45) is 0 Å². The summed E-state index contributed by atoms with van der Waals surface area (Å²) in [5.74, 6) is 0. The van der Waals surface area contributed by atoms with Gasteiger partial charge in [0.1, 0.15) is 0 Å². The van der Waals surface area contributed by atoms with Crippen LogP contribution in [0.5, 0.6) is 0 Å². The van der Waals surface area contributed by atoms with Crippen LogP contribution in [0, 0.1) is 3.57 Å². The lowest BCUT2D eigenvalue weighted by Crippen LogP contribution is -2.14. The number of nitrogens with one attached hydrogen (secondary N) is 1. The maximum Gasteiger partial charge on any atom is 0.0542 e. The molecule has 0 bridgehead atoms. The second-order valence-electron chi connectivity index (χ2n) is 3.28. The van der Waals surface area contributed by atoms with Gasteiger partial charge in [-0.3, -0.25) is 0 Å². The molecule has 0 amide bonds. The number of hydrogen-bond donors (Lipinski definition) is 1. The van der Waals surface area contributed by atoms with Gasteiger partial charge in [-0.25, -0.2) is 0 Å². The molecule has 0 saturated heterocycles. The largest absolute Gasteiger partial charge is 0.313 e. The summed E-state index contributed by atoms with van der Waals surface area (Å²) in [6, 6.07) is 6.20. The Morgan fingerprint density at radius 1 is 1.43 bits per heavy atom. The normalized spacial score (nSPS) is 10.5. The molecule has 1 nitrogen and oxygen atoms in total. The summed E-state index contributed by atoms with van der Waals surface area (Å²) in [4.78, 5) is 0. The Balaban J connectivity index is 2.39. The lowest BCUT2D eigenvalue weighted by molar-refractivity contribution is 0.641. The van der Waals surface area contributed by atoms with Gasteiger partial charge in [0.15, 0.2) is 0 Å². The molecule has 0 spiro atoms. The highest BCUT2D eigenvalue weighted by molar-refractivity contribution is 14.1. The Hall–Kier alpha value is 0.200. The van der Waals surface area contributed by atoms with Crippen LogP contribution in [-0.2, 0) is 6.54 Å². The van der Waals surface area contributed by atoms with Crippen molar-refractivity contribution in [3.8, 4) is 0 Å². The molecule has 0 aliphatic carbocycles. The zero-order valence-corrected chi connectivity index (χ0v) is 11.2. The monoisotopic (exact) mass is 323 g/mol. The number of unbranched alkanes of at least 4 members (excludes halogenated alkanes) is 1. The maximum atomic E-state index is 6.02. The average Bonchev–Trinajstić information content (AvgIpc) is 2.18. The summed E-state index contributed by atoms with van der Waals surface area (Å²) in [7, 11) is 0. The van der Waals surface area contributed by atoms with E-state index in [0.717, 1.165) is 21.7 Å².